The van der Waals surface area contributed by atoms with Crippen LogP contribution in [0.15, 0.2) is 47.8 Å². The minimum Gasteiger partial charge on any atom is -0.325 e. The summed E-state index contributed by atoms with van der Waals surface area (Å²) in [6, 6.07) is 14.7. The Morgan fingerprint density at radius 3 is 2.39 bits per heavy atom. The van der Waals surface area contributed by atoms with Crippen LogP contribution >= 0.6 is 11.3 Å². The number of amides is 1. The summed E-state index contributed by atoms with van der Waals surface area (Å²) in [5.41, 5.74) is 6.30. The van der Waals surface area contributed by atoms with Crippen LogP contribution < -0.4 is 5.32 Å². The first-order valence-electron chi connectivity index (χ1n) is 10.8. The fourth-order valence-electron chi connectivity index (χ4n) is 3.90. The second-order valence-electron chi connectivity index (χ2n) is 8.41. The zero-order chi connectivity index (χ0) is 21.8. The van der Waals surface area contributed by atoms with E-state index in [2.05, 4.69) is 46.4 Å². The number of rotatable bonds is 6. The molecule has 162 valence electrons. The second kappa shape index (κ2) is 9.73. The molecule has 1 aliphatic heterocycles. The lowest BCUT2D eigenvalue weighted by molar-refractivity contribution is -0.115. The molecule has 0 unspecified atom stereocenters. The quantitative estimate of drug-likeness (QED) is 0.626. The maximum Gasteiger partial charge on any atom is 0.230 e. The Bertz CT molecular complexity index is 1020. The molecule has 3 aromatic rings. The Morgan fingerprint density at radius 1 is 1.03 bits per heavy atom. The van der Waals surface area contributed by atoms with Crippen LogP contribution in [0, 0.1) is 13.8 Å². The molecule has 1 aliphatic rings. The molecular formula is C25H30N4OS. The van der Waals surface area contributed by atoms with E-state index < -0.39 is 0 Å². The highest BCUT2D eigenvalue weighted by Gasteiger charge is 2.14. The second-order valence-corrected chi connectivity index (χ2v) is 9.27. The first-order valence-corrected chi connectivity index (χ1v) is 11.7. The van der Waals surface area contributed by atoms with Crippen LogP contribution in [0.3, 0.4) is 0 Å². The predicted molar refractivity (Wildman–Crippen MR) is 129 cm³/mol. The maximum atomic E-state index is 12.5. The highest BCUT2D eigenvalue weighted by molar-refractivity contribution is 7.13. The average Bonchev–Trinajstić information content (AvgIpc) is 3.21. The van der Waals surface area contributed by atoms with Gasteiger partial charge in [0, 0.05) is 49.4 Å². The first-order chi connectivity index (χ1) is 15.0. The number of likely N-dealkylation sites (N-methyl/N-ethyl adjacent to an activating group) is 1. The van der Waals surface area contributed by atoms with E-state index in [9.17, 15) is 4.79 Å². The summed E-state index contributed by atoms with van der Waals surface area (Å²) >= 11 is 1.59. The van der Waals surface area contributed by atoms with Crippen molar-refractivity contribution in [3.8, 4) is 10.6 Å². The molecular weight excluding hydrogens is 404 g/mol. The number of aromatic nitrogens is 1. The lowest BCUT2D eigenvalue weighted by Gasteiger charge is -2.32. The van der Waals surface area contributed by atoms with Crippen LogP contribution in [-0.2, 0) is 17.8 Å². The third kappa shape index (κ3) is 5.58. The van der Waals surface area contributed by atoms with Crippen molar-refractivity contribution in [2.75, 3.05) is 38.5 Å². The fourth-order valence-corrected chi connectivity index (χ4v) is 4.72. The van der Waals surface area contributed by atoms with E-state index in [0.29, 0.717) is 0 Å². The number of piperazine rings is 1. The van der Waals surface area contributed by atoms with Crippen LogP contribution in [0.2, 0.25) is 0 Å². The minimum atomic E-state index is -0.0308. The smallest absolute Gasteiger partial charge is 0.230 e. The number of carbonyl (C=O) groups is 1. The van der Waals surface area contributed by atoms with Crippen molar-refractivity contribution in [3.63, 3.8) is 0 Å². The Morgan fingerprint density at radius 2 is 1.71 bits per heavy atom. The van der Waals surface area contributed by atoms with E-state index in [1.807, 2.05) is 37.4 Å². The SMILES string of the molecule is Cc1cccc(C)c1NC(=O)Cc1csc(-c2ccc(CN3CCN(C)CC3)cc2)n1. The summed E-state index contributed by atoms with van der Waals surface area (Å²) in [5, 5.41) is 5.99. The van der Waals surface area contributed by atoms with E-state index in [-0.39, 0.29) is 12.3 Å². The number of nitrogens with one attached hydrogen (secondary N) is 1. The zero-order valence-corrected chi connectivity index (χ0v) is 19.3. The lowest BCUT2D eigenvalue weighted by atomic mass is 10.1. The van der Waals surface area contributed by atoms with Gasteiger partial charge in [0.05, 0.1) is 12.1 Å². The van der Waals surface area contributed by atoms with Crippen molar-refractivity contribution in [1.29, 1.82) is 0 Å². The van der Waals surface area contributed by atoms with Crippen molar-refractivity contribution in [2.24, 2.45) is 0 Å². The number of hydrogen-bond donors (Lipinski definition) is 1. The van der Waals surface area contributed by atoms with Crippen molar-refractivity contribution in [1.82, 2.24) is 14.8 Å². The number of anilines is 1. The average molecular weight is 435 g/mol. The summed E-state index contributed by atoms with van der Waals surface area (Å²) in [6.45, 7) is 9.54. The number of benzene rings is 2. The zero-order valence-electron chi connectivity index (χ0n) is 18.5. The third-order valence-electron chi connectivity index (χ3n) is 5.84. The molecule has 1 N–H and O–H groups in total. The molecule has 0 saturated carbocycles. The summed E-state index contributed by atoms with van der Waals surface area (Å²) in [6.07, 6.45) is 0.283. The topological polar surface area (TPSA) is 48.5 Å². The molecule has 0 bridgehead atoms. The van der Waals surface area contributed by atoms with Crippen molar-refractivity contribution in [2.45, 2.75) is 26.8 Å². The van der Waals surface area contributed by atoms with Crippen molar-refractivity contribution < 1.29 is 4.79 Å². The van der Waals surface area contributed by atoms with E-state index in [1.54, 1.807) is 11.3 Å². The number of carbonyl (C=O) groups excluding carboxylic acids is 1. The molecule has 0 atom stereocenters. The molecule has 2 aromatic carbocycles. The van der Waals surface area contributed by atoms with Gasteiger partial charge in [-0.1, -0.05) is 42.5 Å². The van der Waals surface area contributed by atoms with Crippen LogP contribution in [0.5, 0.6) is 0 Å². The maximum absolute atomic E-state index is 12.5. The van der Waals surface area contributed by atoms with Crippen LogP contribution in [0.4, 0.5) is 5.69 Å². The number of nitrogens with zero attached hydrogens (tertiary/aromatic N) is 3. The van der Waals surface area contributed by atoms with Crippen LogP contribution in [0.1, 0.15) is 22.4 Å². The van der Waals surface area contributed by atoms with Gasteiger partial charge in [0.25, 0.3) is 0 Å². The summed E-state index contributed by atoms with van der Waals surface area (Å²) in [7, 11) is 2.18. The Kier molecular flexibility index (Phi) is 6.80. The van der Waals surface area contributed by atoms with E-state index >= 15 is 0 Å². The van der Waals surface area contributed by atoms with Gasteiger partial charge in [-0.2, -0.15) is 0 Å². The molecule has 1 aromatic heterocycles. The molecule has 1 fully saturated rings. The number of thiazole rings is 1. The first kappa shape index (κ1) is 21.7. The van der Waals surface area contributed by atoms with Gasteiger partial charge < -0.3 is 10.2 Å². The number of para-hydroxylation sites is 1. The van der Waals surface area contributed by atoms with Gasteiger partial charge >= 0.3 is 0 Å². The van der Waals surface area contributed by atoms with Gasteiger partial charge in [0.1, 0.15) is 5.01 Å². The highest BCUT2D eigenvalue weighted by atomic mass is 32.1. The normalized spacial score (nSPS) is 15.2. The molecule has 1 saturated heterocycles. The predicted octanol–water partition coefficient (Wildman–Crippen LogP) is 4.36. The van der Waals surface area contributed by atoms with Gasteiger partial charge in [-0.05, 0) is 37.6 Å². The summed E-state index contributed by atoms with van der Waals surface area (Å²) in [5.74, 6) is -0.0308. The molecule has 0 spiro atoms. The van der Waals surface area contributed by atoms with Crippen LogP contribution in [-0.4, -0.2) is 53.9 Å². The Hall–Kier alpha value is -2.54. The standard InChI is InChI=1S/C25H30N4OS/c1-18-5-4-6-19(2)24(18)27-23(30)15-22-17-31-25(26-22)21-9-7-20(8-10-21)16-29-13-11-28(3)12-14-29/h4-10,17H,11-16H2,1-3H3,(H,27,30). The third-order valence-corrected chi connectivity index (χ3v) is 6.78. The highest BCUT2D eigenvalue weighted by Crippen LogP contribution is 2.25. The molecule has 5 nitrogen and oxygen atoms in total. The fraction of sp³-hybridized carbons (Fsp3) is 0.360. The monoisotopic (exact) mass is 434 g/mol. The molecule has 4 rings (SSSR count). The molecule has 6 heteroatoms. The van der Waals surface area contributed by atoms with E-state index in [0.717, 1.165) is 65.8 Å². The number of aryl methyl sites for hydroxylation is 2. The Balaban J connectivity index is 1.35. The largest absolute Gasteiger partial charge is 0.325 e. The van der Waals surface area contributed by atoms with Crippen molar-refractivity contribution >= 4 is 22.9 Å². The van der Waals surface area contributed by atoms with Crippen molar-refractivity contribution in [3.05, 3.63) is 70.2 Å². The molecule has 0 aliphatic carbocycles. The lowest BCUT2D eigenvalue weighted by Crippen LogP contribution is -2.43. The van der Waals surface area contributed by atoms with Crippen LogP contribution in [0.25, 0.3) is 10.6 Å². The molecule has 2 heterocycles. The van der Waals surface area contributed by atoms with Gasteiger partial charge in [0.15, 0.2) is 0 Å². The molecule has 31 heavy (non-hydrogen) atoms. The van der Waals surface area contributed by atoms with E-state index in [1.165, 1.54) is 5.56 Å². The number of hydrogen-bond acceptors (Lipinski definition) is 5. The van der Waals surface area contributed by atoms with Gasteiger partial charge in [0.2, 0.25) is 5.91 Å². The van der Waals surface area contributed by atoms with Gasteiger partial charge in [-0.3, -0.25) is 9.69 Å². The molecule has 0 radical (unpaired) electrons. The van der Waals surface area contributed by atoms with Gasteiger partial charge in [-0.15, -0.1) is 11.3 Å². The van der Waals surface area contributed by atoms with E-state index in [4.69, 9.17) is 4.98 Å². The molecule has 1 amide bonds. The minimum absolute atomic E-state index is 0.0308. The summed E-state index contributed by atoms with van der Waals surface area (Å²) in [4.78, 5) is 22.1. The van der Waals surface area contributed by atoms with Gasteiger partial charge in [-0.25, -0.2) is 4.98 Å². The Labute approximate surface area is 188 Å². The summed E-state index contributed by atoms with van der Waals surface area (Å²) < 4.78 is 0.